The summed E-state index contributed by atoms with van der Waals surface area (Å²) in [5.74, 6) is 0. The zero-order chi connectivity index (χ0) is 8.69. The fourth-order valence-corrected chi connectivity index (χ4v) is 0.237. The van der Waals surface area contributed by atoms with E-state index in [1.807, 2.05) is 0 Å². The normalized spacial score (nSPS) is 12.7. The third kappa shape index (κ3) is 5.20. The molecule has 5 heteroatoms. The summed E-state index contributed by atoms with van der Waals surface area (Å²) in [6, 6.07) is -1.91. The molecule has 0 atom stereocenters. The van der Waals surface area contributed by atoms with E-state index in [2.05, 4.69) is 14.2 Å². The second kappa shape index (κ2) is 5.52. The third-order valence-electron chi connectivity index (χ3n) is 0.711. The highest BCUT2D eigenvalue weighted by atomic mass is 19.1. The van der Waals surface area contributed by atoms with Gasteiger partial charge in [-0.3, -0.25) is 0 Å². The van der Waals surface area contributed by atoms with Crippen molar-refractivity contribution in [3.63, 3.8) is 0 Å². The number of ether oxygens (including phenoxy) is 3. The van der Waals surface area contributed by atoms with Crippen molar-refractivity contribution >= 4 is 0 Å². The van der Waals surface area contributed by atoms with E-state index in [1.54, 1.807) is 0 Å². The summed E-state index contributed by atoms with van der Waals surface area (Å²) >= 11 is 0. The Bertz CT molecular complexity index is 147. The average Bonchev–Trinajstić information content (AvgIpc) is 2.04. The van der Waals surface area contributed by atoms with Gasteiger partial charge in [0.25, 0.3) is 0 Å². The topological polar surface area (TPSA) is 27.7 Å². The Morgan fingerprint density at radius 3 is 1.64 bits per heavy atom. The minimum atomic E-state index is -0.954. The van der Waals surface area contributed by atoms with Crippen molar-refractivity contribution in [2.45, 2.75) is 0 Å². The first kappa shape index (κ1) is 9.74. The van der Waals surface area contributed by atoms with E-state index in [4.69, 9.17) is 0 Å². The highest BCUT2D eigenvalue weighted by Gasteiger charge is 1.91. The van der Waals surface area contributed by atoms with Crippen molar-refractivity contribution < 1.29 is 23.0 Å². The van der Waals surface area contributed by atoms with E-state index < -0.39 is 12.0 Å². The van der Waals surface area contributed by atoms with Gasteiger partial charge < -0.3 is 14.2 Å². The summed E-state index contributed by atoms with van der Waals surface area (Å²) < 4.78 is 36.3. The van der Waals surface area contributed by atoms with Crippen LogP contribution in [0.1, 0.15) is 0 Å². The van der Waals surface area contributed by atoms with Crippen molar-refractivity contribution in [3.05, 3.63) is 24.6 Å². The van der Waals surface area contributed by atoms with Gasteiger partial charge in [0.1, 0.15) is 0 Å². The predicted molar refractivity (Wildman–Crippen MR) is 33.5 cm³/mol. The highest BCUT2D eigenvalue weighted by Crippen LogP contribution is 2.00. The summed E-state index contributed by atoms with van der Waals surface area (Å²) in [4.78, 5) is 0. The van der Waals surface area contributed by atoms with Gasteiger partial charge in [-0.25, -0.2) is 0 Å². The van der Waals surface area contributed by atoms with Crippen LogP contribution in [0.25, 0.3) is 0 Å². The number of methoxy groups -OCH3 is 2. The Balaban J connectivity index is 3.71. The Labute approximate surface area is 62.9 Å². The quantitative estimate of drug-likeness (QED) is 0.596. The first-order valence-corrected chi connectivity index (χ1v) is 2.65. The van der Waals surface area contributed by atoms with Crippen LogP contribution in [0.4, 0.5) is 8.78 Å². The Kier molecular flexibility index (Phi) is 4.89. The molecule has 0 aromatic carbocycles. The largest absolute Gasteiger partial charge is 0.472 e. The molecule has 0 saturated heterocycles. The fourth-order valence-electron chi connectivity index (χ4n) is 0.237. The maximum Gasteiger partial charge on any atom is 0.308 e. The summed E-state index contributed by atoms with van der Waals surface area (Å²) in [5, 5.41) is 0. The third-order valence-corrected chi connectivity index (χ3v) is 0.711. The van der Waals surface area contributed by atoms with Crippen molar-refractivity contribution in [2.24, 2.45) is 0 Å². The molecule has 0 aromatic rings. The summed E-state index contributed by atoms with van der Waals surface area (Å²) in [5.41, 5.74) is 0. The first-order chi connectivity index (χ1) is 5.20. The van der Waals surface area contributed by atoms with E-state index in [0.717, 1.165) is 14.2 Å². The fraction of sp³-hybridized carbons (Fsp3) is 0.333. The monoisotopic (exact) mass is 166 g/mol. The average molecular weight is 166 g/mol. The Hall–Kier alpha value is -1.26. The molecule has 0 N–H and O–H groups in total. The van der Waals surface area contributed by atoms with Gasteiger partial charge in [0.05, 0.1) is 14.2 Å². The van der Waals surface area contributed by atoms with Crippen molar-refractivity contribution in [2.75, 3.05) is 14.2 Å². The molecule has 0 aromatic heterocycles. The maximum atomic E-state index is 12.0. The molecule has 0 rings (SSSR count). The zero-order valence-corrected chi connectivity index (χ0v) is 6.14. The lowest BCUT2D eigenvalue weighted by molar-refractivity contribution is 0.164. The SMILES string of the molecule is COC(F)=COC=C(F)OC. The molecule has 0 unspecified atom stereocenters. The number of halogens is 2. The van der Waals surface area contributed by atoms with E-state index in [-0.39, 0.29) is 0 Å². The van der Waals surface area contributed by atoms with Crippen LogP contribution in [0.2, 0.25) is 0 Å². The van der Waals surface area contributed by atoms with Crippen LogP contribution in [-0.4, -0.2) is 14.2 Å². The Morgan fingerprint density at radius 2 is 1.36 bits per heavy atom. The van der Waals surface area contributed by atoms with E-state index in [1.165, 1.54) is 0 Å². The van der Waals surface area contributed by atoms with E-state index in [9.17, 15) is 8.78 Å². The minimum absolute atomic E-state index is 0.596. The lowest BCUT2D eigenvalue weighted by Gasteiger charge is -1.94. The van der Waals surface area contributed by atoms with Gasteiger partial charge in [-0.05, 0) is 0 Å². The number of rotatable bonds is 4. The lowest BCUT2D eigenvalue weighted by atomic mass is 10.9. The van der Waals surface area contributed by atoms with Crippen LogP contribution in [0, 0.1) is 0 Å². The number of hydrogen-bond acceptors (Lipinski definition) is 3. The predicted octanol–water partition coefficient (Wildman–Crippen LogP) is 1.83. The Morgan fingerprint density at radius 1 is 1.00 bits per heavy atom. The van der Waals surface area contributed by atoms with Crippen molar-refractivity contribution in [1.29, 1.82) is 0 Å². The van der Waals surface area contributed by atoms with Gasteiger partial charge in [0.15, 0.2) is 12.5 Å². The summed E-state index contributed by atoms with van der Waals surface area (Å²) in [6.45, 7) is 0. The van der Waals surface area contributed by atoms with Gasteiger partial charge >= 0.3 is 12.0 Å². The van der Waals surface area contributed by atoms with Crippen LogP contribution >= 0.6 is 0 Å². The molecule has 0 aliphatic rings. The number of hydrogen-bond donors (Lipinski definition) is 0. The molecule has 11 heavy (non-hydrogen) atoms. The van der Waals surface area contributed by atoms with Gasteiger partial charge in [-0.15, -0.1) is 0 Å². The van der Waals surface area contributed by atoms with Gasteiger partial charge in [-0.1, -0.05) is 0 Å². The zero-order valence-electron chi connectivity index (χ0n) is 6.14. The summed E-state index contributed by atoms with van der Waals surface area (Å²) in [6.07, 6.45) is 1.19. The molecule has 0 spiro atoms. The van der Waals surface area contributed by atoms with Crippen LogP contribution < -0.4 is 0 Å². The van der Waals surface area contributed by atoms with E-state index in [0.29, 0.717) is 12.5 Å². The molecule has 0 aliphatic heterocycles. The first-order valence-electron chi connectivity index (χ1n) is 2.65. The van der Waals surface area contributed by atoms with Crippen LogP contribution in [0.15, 0.2) is 24.6 Å². The molecular weight excluding hydrogens is 158 g/mol. The van der Waals surface area contributed by atoms with Gasteiger partial charge in [0.2, 0.25) is 0 Å². The van der Waals surface area contributed by atoms with Gasteiger partial charge in [0, 0.05) is 0 Å². The smallest absolute Gasteiger partial charge is 0.308 e. The second-order valence-corrected chi connectivity index (χ2v) is 1.39. The molecule has 0 radical (unpaired) electrons. The lowest BCUT2D eigenvalue weighted by Crippen LogP contribution is -1.81. The molecular formula is C6H8F2O3. The van der Waals surface area contributed by atoms with E-state index >= 15 is 0 Å². The molecule has 0 fully saturated rings. The van der Waals surface area contributed by atoms with Crippen molar-refractivity contribution in [1.82, 2.24) is 0 Å². The minimum Gasteiger partial charge on any atom is -0.472 e. The molecule has 0 aliphatic carbocycles. The highest BCUT2D eigenvalue weighted by molar-refractivity contribution is 4.79. The van der Waals surface area contributed by atoms with Crippen LogP contribution in [0.5, 0.6) is 0 Å². The molecule has 3 nitrogen and oxygen atoms in total. The maximum absolute atomic E-state index is 12.0. The standard InChI is InChI=1S/C6H8F2O3/c1-9-5(7)3-11-4-6(8)10-2/h3-4H,1-2H3. The second-order valence-electron chi connectivity index (χ2n) is 1.39. The van der Waals surface area contributed by atoms with Gasteiger partial charge in [-0.2, -0.15) is 8.78 Å². The van der Waals surface area contributed by atoms with Crippen LogP contribution in [0.3, 0.4) is 0 Å². The molecule has 0 saturated carbocycles. The molecule has 0 amide bonds. The van der Waals surface area contributed by atoms with Crippen molar-refractivity contribution in [3.8, 4) is 0 Å². The van der Waals surface area contributed by atoms with Crippen LogP contribution in [-0.2, 0) is 14.2 Å². The molecule has 0 heterocycles. The summed E-state index contributed by atoms with van der Waals surface area (Å²) in [7, 11) is 2.23. The molecule has 0 bridgehead atoms. The molecule has 64 valence electrons.